The van der Waals surface area contributed by atoms with Gasteiger partial charge in [0.15, 0.2) is 17.6 Å². The zero-order chi connectivity index (χ0) is 48.9. The number of benzene rings is 4. The van der Waals surface area contributed by atoms with Crippen molar-refractivity contribution in [3.8, 4) is 17.2 Å². The van der Waals surface area contributed by atoms with Crippen molar-refractivity contribution in [2.75, 3.05) is 19.7 Å². The maximum atomic E-state index is 14.6. The largest absolute Gasteiger partial charge is 0.489 e. The lowest BCUT2D eigenvalue weighted by atomic mass is 9.89. The van der Waals surface area contributed by atoms with Gasteiger partial charge in [-0.1, -0.05) is 84.4 Å². The first-order valence-corrected chi connectivity index (χ1v) is 23.4. The third-order valence-corrected chi connectivity index (χ3v) is 13.1. The minimum absolute atomic E-state index is 0.00130. The molecule has 3 amide bonds. The molecule has 0 bridgehead atoms. The van der Waals surface area contributed by atoms with Crippen molar-refractivity contribution < 1.29 is 43.2 Å². The zero-order valence-electron chi connectivity index (χ0n) is 39.0. The summed E-state index contributed by atoms with van der Waals surface area (Å²) in [6.45, 7) is 14.2. The second kappa shape index (κ2) is 21.2. The van der Waals surface area contributed by atoms with E-state index in [-0.39, 0.29) is 31.9 Å². The van der Waals surface area contributed by atoms with E-state index in [9.17, 15) is 24.3 Å². The van der Waals surface area contributed by atoms with Crippen LogP contribution in [0.15, 0.2) is 109 Å². The number of carboxylic acids is 1. The molecule has 0 spiro atoms. The smallest absolute Gasteiger partial charge is 0.410 e. The summed E-state index contributed by atoms with van der Waals surface area (Å²) < 4.78 is 24.3. The van der Waals surface area contributed by atoms with E-state index in [1.54, 1.807) is 48.8 Å². The van der Waals surface area contributed by atoms with Gasteiger partial charge in [0.1, 0.15) is 36.6 Å². The molecule has 4 aromatic rings. The van der Waals surface area contributed by atoms with Crippen LogP contribution in [-0.2, 0) is 45.1 Å². The number of carbonyl (C=O) groups excluding carboxylic acids is 3. The van der Waals surface area contributed by atoms with Crippen molar-refractivity contribution in [2.45, 2.75) is 97.2 Å². The zero-order valence-corrected chi connectivity index (χ0v) is 40.5. The number of hydrogen-bond acceptors (Lipinski definition) is 9. The summed E-state index contributed by atoms with van der Waals surface area (Å²) in [4.78, 5) is 57.9. The molecule has 1 saturated heterocycles. The molecule has 1 fully saturated rings. The molecule has 4 aromatic carbocycles. The highest BCUT2D eigenvalue weighted by Crippen LogP contribution is 2.41. The van der Waals surface area contributed by atoms with E-state index in [1.165, 1.54) is 0 Å². The van der Waals surface area contributed by atoms with Crippen molar-refractivity contribution in [2.24, 2.45) is 11.7 Å². The monoisotopic (exact) mass is 964 g/mol. The number of aliphatic carboxylic acids is 1. The molecular formula is C53H58Cl2N4O9. The lowest BCUT2D eigenvalue weighted by molar-refractivity contribution is -0.148. The molecule has 0 aliphatic carbocycles. The predicted molar refractivity (Wildman–Crippen MR) is 262 cm³/mol. The molecular weight excluding hydrogens is 908 g/mol. The summed E-state index contributed by atoms with van der Waals surface area (Å²) in [5.41, 5.74) is 12.7. The number of amides is 3. The van der Waals surface area contributed by atoms with Crippen molar-refractivity contribution in [1.82, 2.24) is 15.1 Å². The normalized spacial score (nSPS) is 18.1. The van der Waals surface area contributed by atoms with Gasteiger partial charge in [0, 0.05) is 44.1 Å². The van der Waals surface area contributed by atoms with Gasteiger partial charge in [0.25, 0.3) is 0 Å². The number of fused-ring (bicyclic) bond motifs is 2. The van der Waals surface area contributed by atoms with Crippen molar-refractivity contribution in [3.05, 3.63) is 152 Å². The number of piperidine rings is 1. The van der Waals surface area contributed by atoms with Gasteiger partial charge in [0.05, 0.1) is 10.0 Å². The predicted octanol–water partition coefficient (Wildman–Crippen LogP) is 9.62. The number of carbonyl (C=O) groups is 4. The Balaban J connectivity index is 1.09. The second-order valence-electron chi connectivity index (χ2n) is 18.4. The van der Waals surface area contributed by atoms with Crippen LogP contribution in [0.3, 0.4) is 0 Å². The average molecular weight is 966 g/mol. The quantitative estimate of drug-likeness (QED) is 0.110. The van der Waals surface area contributed by atoms with Crippen LogP contribution in [0.5, 0.6) is 17.2 Å². The topological polar surface area (TPSA) is 170 Å². The fourth-order valence-corrected chi connectivity index (χ4v) is 8.84. The van der Waals surface area contributed by atoms with Gasteiger partial charge in [0.2, 0.25) is 11.8 Å². The molecule has 3 atom stereocenters. The van der Waals surface area contributed by atoms with Gasteiger partial charge in [-0.05, 0) is 128 Å². The van der Waals surface area contributed by atoms with E-state index in [0.29, 0.717) is 71.1 Å². The first kappa shape index (κ1) is 49.5. The van der Waals surface area contributed by atoms with Crippen molar-refractivity contribution in [3.63, 3.8) is 0 Å². The Morgan fingerprint density at radius 2 is 1.60 bits per heavy atom. The number of allylic oxidation sites excluding steroid dienone is 5. The number of hydrogen-bond donors (Lipinski definition) is 3. The highest BCUT2D eigenvalue weighted by molar-refractivity contribution is 6.42. The molecule has 0 radical (unpaired) electrons. The highest BCUT2D eigenvalue weighted by Gasteiger charge is 2.41. The number of ether oxygens (including phenoxy) is 4. The molecule has 4 N–H and O–H groups in total. The van der Waals surface area contributed by atoms with E-state index in [4.69, 9.17) is 47.9 Å². The Kier molecular flexibility index (Phi) is 15.5. The van der Waals surface area contributed by atoms with E-state index >= 15 is 0 Å². The van der Waals surface area contributed by atoms with E-state index in [2.05, 4.69) is 11.9 Å². The molecule has 13 nitrogen and oxygen atoms in total. The van der Waals surface area contributed by atoms with Gasteiger partial charge < -0.3 is 44.9 Å². The Labute approximate surface area is 407 Å². The number of nitrogens with two attached hydrogens (primary N) is 1. The SMILES string of the molecule is C=C/C=C(\C(C)=C(\C)N)c1ccc(C[C@H](NC(=O)[C@@H]2Cc3cc4c(cc3CN2C(=O)C2CCN(C(=O)OC(C)(C)C)CC2)O[C@@H](c2ccc(OCc3ccc(Cl)c(Cl)c3)cc2)CO4)C(=O)O)cc1. The van der Waals surface area contributed by atoms with E-state index in [0.717, 1.165) is 39.0 Å². The molecule has 0 aromatic heterocycles. The summed E-state index contributed by atoms with van der Waals surface area (Å²) in [5, 5.41) is 14.1. The Morgan fingerprint density at radius 1 is 0.926 bits per heavy atom. The van der Waals surface area contributed by atoms with Crippen molar-refractivity contribution in [1.29, 1.82) is 0 Å². The summed E-state index contributed by atoms with van der Waals surface area (Å²) in [5.74, 6) is -0.889. The Morgan fingerprint density at radius 3 is 2.24 bits per heavy atom. The Hall–Kier alpha value is -6.44. The molecule has 0 unspecified atom stereocenters. The lowest BCUT2D eigenvalue weighted by Crippen LogP contribution is -2.57. The molecule has 3 aliphatic rings. The van der Waals surface area contributed by atoms with Crippen LogP contribution in [0.4, 0.5) is 4.79 Å². The molecule has 15 heteroatoms. The summed E-state index contributed by atoms with van der Waals surface area (Å²) in [7, 11) is 0. The molecule has 3 aliphatic heterocycles. The molecule has 68 heavy (non-hydrogen) atoms. The van der Waals surface area contributed by atoms with E-state index in [1.807, 2.05) is 86.7 Å². The van der Waals surface area contributed by atoms with Gasteiger partial charge >= 0.3 is 12.1 Å². The fraction of sp³-hybridized carbons (Fsp3) is 0.358. The maximum Gasteiger partial charge on any atom is 0.410 e. The van der Waals surface area contributed by atoms with Crippen LogP contribution in [0.2, 0.25) is 10.0 Å². The summed E-state index contributed by atoms with van der Waals surface area (Å²) in [6, 6.07) is 21.7. The fourth-order valence-electron chi connectivity index (χ4n) is 8.52. The number of rotatable bonds is 13. The maximum absolute atomic E-state index is 14.6. The van der Waals surface area contributed by atoms with Crippen molar-refractivity contribution >= 4 is 52.7 Å². The first-order valence-electron chi connectivity index (χ1n) is 22.7. The summed E-state index contributed by atoms with van der Waals surface area (Å²) in [6.07, 6.45) is 3.52. The van der Waals surface area contributed by atoms with E-state index < -0.39 is 47.7 Å². The minimum Gasteiger partial charge on any atom is -0.489 e. The summed E-state index contributed by atoms with van der Waals surface area (Å²) >= 11 is 12.2. The number of carboxylic acid groups (broad SMARTS) is 1. The van der Waals surface area contributed by atoms with Crippen LogP contribution in [0, 0.1) is 5.92 Å². The lowest BCUT2D eigenvalue weighted by Gasteiger charge is -2.40. The van der Waals surface area contributed by atoms with Gasteiger partial charge in [-0.25, -0.2) is 9.59 Å². The van der Waals surface area contributed by atoms with Crippen LogP contribution < -0.4 is 25.3 Å². The van der Waals surface area contributed by atoms with Crippen LogP contribution >= 0.6 is 23.2 Å². The second-order valence-corrected chi connectivity index (χ2v) is 19.3. The van der Waals surface area contributed by atoms with Crippen LogP contribution in [0.1, 0.15) is 86.9 Å². The molecule has 358 valence electrons. The van der Waals surface area contributed by atoms with Gasteiger partial charge in [-0.3, -0.25) is 9.59 Å². The standard InChI is InChI=1S/C53H58Cl2N4O9/c1-7-8-41(31(2)32(3)56)35-12-9-33(10-13-35)24-44(51(62)63)57-49(60)45-25-38-26-46-47(27-39(38)28-59(45)50(61)37-19-21-58(22-20-37)52(64)68-53(4,5)6)67-48(30-66-46)36-14-16-40(17-15-36)65-29-34-11-18-42(54)43(55)23-34/h7-18,23,26-27,37,44-45,48H,1,19-22,24-25,28-30,56H2,2-6H3,(H,57,60)(H,62,63)/b32-31-,41-8+/t44-,45-,48+/m0/s1. The number of nitrogens with one attached hydrogen (secondary N) is 1. The minimum atomic E-state index is -1.29. The number of nitrogens with zero attached hydrogens (tertiary/aromatic N) is 2. The molecule has 7 rings (SSSR count). The highest BCUT2D eigenvalue weighted by atomic mass is 35.5. The average Bonchev–Trinajstić information content (AvgIpc) is 3.31. The first-order chi connectivity index (χ1) is 32.4. The third kappa shape index (κ3) is 12.0. The molecule has 3 heterocycles. The van der Waals surface area contributed by atoms with Crippen LogP contribution in [-0.4, -0.2) is 76.2 Å². The molecule has 0 saturated carbocycles. The number of halogens is 2. The van der Waals surface area contributed by atoms with Crippen LogP contribution in [0.25, 0.3) is 5.57 Å². The Bertz CT molecular complexity index is 2610. The van der Waals surface area contributed by atoms with Gasteiger partial charge in [-0.15, -0.1) is 0 Å². The van der Waals surface area contributed by atoms with Gasteiger partial charge in [-0.2, -0.15) is 0 Å². The third-order valence-electron chi connectivity index (χ3n) is 12.4. The number of likely N-dealkylation sites (tertiary alicyclic amines) is 1.